The molecule has 0 unspecified atom stereocenters. The average Bonchev–Trinajstić information content (AvgIpc) is 2.85. The standard InChI is InChI=1S/C14H16ClNS/c1-2-7-16-10-12-9-11(5-6-13(12)15)14-4-3-8-17-14/h3-6,8-9,16H,2,7,10H2,1H3. The maximum atomic E-state index is 6.20. The second-order valence-corrected chi connectivity index (χ2v) is 5.32. The molecule has 0 radical (unpaired) electrons. The summed E-state index contributed by atoms with van der Waals surface area (Å²) < 4.78 is 0. The number of rotatable bonds is 5. The molecular weight excluding hydrogens is 250 g/mol. The fourth-order valence-corrected chi connectivity index (χ4v) is 2.61. The molecule has 0 aliphatic carbocycles. The Hall–Kier alpha value is -0.830. The topological polar surface area (TPSA) is 12.0 Å². The van der Waals surface area contributed by atoms with Crippen LogP contribution in [0.25, 0.3) is 10.4 Å². The van der Waals surface area contributed by atoms with Crippen LogP contribution in [0.4, 0.5) is 0 Å². The van der Waals surface area contributed by atoms with Crippen molar-refractivity contribution in [1.82, 2.24) is 5.32 Å². The largest absolute Gasteiger partial charge is 0.313 e. The summed E-state index contributed by atoms with van der Waals surface area (Å²) in [5.41, 5.74) is 2.42. The van der Waals surface area contributed by atoms with E-state index >= 15 is 0 Å². The summed E-state index contributed by atoms with van der Waals surface area (Å²) in [4.78, 5) is 1.29. The van der Waals surface area contributed by atoms with Crippen LogP contribution in [-0.2, 0) is 6.54 Å². The van der Waals surface area contributed by atoms with Crippen molar-refractivity contribution in [2.24, 2.45) is 0 Å². The Morgan fingerprint density at radius 3 is 2.88 bits per heavy atom. The molecule has 0 fully saturated rings. The van der Waals surface area contributed by atoms with Gasteiger partial charge in [0.1, 0.15) is 0 Å². The molecule has 1 N–H and O–H groups in total. The molecule has 0 spiro atoms. The fourth-order valence-electron chi connectivity index (χ4n) is 1.71. The van der Waals surface area contributed by atoms with Crippen LogP contribution in [-0.4, -0.2) is 6.54 Å². The Kier molecular flexibility index (Phi) is 4.60. The number of nitrogens with one attached hydrogen (secondary N) is 1. The maximum Gasteiger partial charge on any atom is 0.0451 e. The van der Waals surface area contributed by atoms with Crippen molar-refractivity contribution in [3.05, 3.63) is 46.3 Å². The van der Waals surface area contributed by atoms with Gasteiger partial charge in [-0.3, -0.25) is 0 Å². The van der Waals surface area contributed by atoms with Gasteiger partial charge in [0.2, 0.25) is 0 Å². The molecule has 0 amide bonds. The van der Waals surface area contributed by atoms with Gasteiger partial charge in [-0.1, -0.05) is 30.7 Å². The molecule has 1 aromatic heterocycles. The molecule has 0 aliphatic heterocycles. The van der Waals surface area contributed by atoms with E-state index in [9.17, 15) is 0 Å². The molecular formula is C14H16ClNS. The molecule has 0 atom stereocenters. The number of benzene rings is 1. The Morgan fingerprint density at radius 1 is 1.29 bits per heavy atom. The third-order valence-corrected chi connectivity index (χ3v) is 3.88. The molecule has 0 aliphatic rings. The molecule has 3 heteroatoms. The predicted molar refractivity (Wildman–Crippen MR) is 76.8 cm³/mol. The summed E-state index contributed by atoms with van der Waals surface area (Å²) in [6, 6.07) is 10.5. The van der Waals surface area contributed by atoms with Crippen molar-refractivity contribution in [3.8, 4) is 10.4 Å². The number of halogens is 1. The summed E-state index contributed by atoms with van der Waals surface area (Å²) >= 11 is 7.96. The first-order valence-electron chi connectivity index (χ1n) is 5.84. The second-order valence-electron chi connectivity index (χ2n) is 3.96. The lowest BCUT2D eigenvalue weighted by molar-refractivity contribution is 0.676. The molecule has 1 aromatic carbocycles. The zero-order valence-electron chi connectivity index (χ0n) is 9.87. The molecule has 1 nitrogen and oxygen atoms in total. The van der Waals surface area contributed by atoms with Gasteiger partial charge in [0.05, 0.1) is 0 Å². The van der Waals surface area contributed by atoms with Gasteiger partial charge in [0.25, 0.3) is 0 Å². The SMILES string of the molecule is CCCNCc1cc(-c2cccs2)ccc1Cl. The number of thiophene rings is 1. The molecule has 2 aromatic rings. The average molecular weight is 266 g/mol. The lowest BCUT2D eigenvalue weighted by Crippen LogP contribution is -2.14. The zero-order chi connectivity index (χ0) is 12.1. The first kappa shape index (κ1) is 12.6. The Bertz CT molecular complexity index is 465. The highest BCUT2D eigenvalue weighted by atomic mass is 35.5. The highest BCUT2D eigenvalue weighted by Crippen LogP contribution is 2.28. The fraction of sp³-hybridized carbons (Fsp3) is 0.286. The van der Waals surface area contributed by atoms with Crippen LogP contribution in [0.1, 0.15) is 18.9 Å². The van der Waals surface area contributed by atoms with Crippen molar-refractivity contribution in [2.75, 3.05) is 6.54 Å². The first-order valence-corrected chi connectivity index (χ1v) is 7.10. The Labute approximate surface area is 111 Å². The molecule has 2 rings (SSSR count). The summed E-state index contributed by atoms with van der Waals surface area (Å²) in [6.45, 7) is 4.03. The van der Waals surface area contributed by atoms with E-state index in [2.05, 4.69) is 41.9 Å². The molecule has 0 bridgehead atoms. The minimum absolute atomic E-state index is 0.839. The van der Waals surface area contributed by atoms with Gasteiger partial charge in [-0.25, -0.2) is 0 Å². The first-order chi connectivity index (χ1) is 8.31. The lowest BCUT2D eigenvalue weighted by Gasteiger charge is -2.07. The maximum absolute atomic E-state index is 6.20. The van der Waals surface area contributed by atoms with E-state index in [0.29, 0.717) is 0 Å². The monoisotopic (exact) mass is 265 g/mol. The highest BCUT2D eigenvalue weighted by molar-refractivity contribution is 7.13. The van der Waals surface area contributed by atoms with E-state index in [-0.39, 0.29) is 0 Å². The van der Waals surface area contributed by atoms with Crippen molar-refractivity contribution in [2.45, 2.75) is 19.9 Å². The zero-order valence-corrected chi connectivity index (χ0v) is 11.4. The van der Waals surface area contributed by atoms with Crippen LogP contribution in [0.5, 0.6) is 0 Å². The van der Waals surface area contributed by atoms with Gasteiger partial charge in [-0.2, -0.15) is 0 Å². The second kappa shape index (κ2) is 6.20. The van der Waals surface area contributed by atoms with E-state index < -0.39 is 0 Å². The molecule has 90 valence electrons. The van der Waals surface area contributed by atoms with Crippen LogP contribution >= 0.6 is 22.9 Å². The van der Waals surface area contributed by atoms with Gasteiger partial charge in [0, 0.05) is 16.4 Å². The van der Waals surface area contributed by atoms with Crippen LogP contribution in [0.3, 0.4) is 0 Å². The lowest BCUT2D eigenvalue weighted by atomic mass is 10.1. The van der Waals surface area contributed by atoms with Crippen LogP contribution in [0.2, 0.25) is 5.02 Å². The number of hydrogen-bond acceptors (Lipinski definition) is 2. The van der Waals surface area contributed by atoms with Crippen molar-refractivity contribution in [3.63, 3.8) is 0 Å². The van der Waals surface area contributed by atoms with Gasteiger partial charge < -0.3 is 5.32 Å². The van der Waals surface area contributed by atoms with Crippen LogP contribution in [0, 0.1) is 0 Å². The molecule has 17 heavy (non-hydrogen) atoms. The number of hydrogen-bond donors (Lipinski definition) is 1. The summed E-state index contributed by atoms with van der Waals surface area (Å²) in [7, 11) is 0. The third-order valence-electron chi connectivity index (χ3n) is 2.59. The molecule has 0 saturated heterocycles. The molecule has 0 saturated carbocycles. The normalized spacial score (nSPS) is 10.7. The predicted octanol–water partition coefficient (Wildman–Crippen LogP) is 4.57. The van der Waals surface area contributed by atoms with Gasteiger partial charge in [-0.15, -0.1) is 11.3 Å². The summed E-state index contributed by atoms with van der Waals surface area (Å²) in [6.07, 6.45) is 1.14. The minimum atomic E-state index is 0.839. The highest BCUT2D eigenvalue weighted by Gasteiger charge is 2.04. The molecule has 1 heterocycles. The van der Waals surface area contributed by atoms with E-state index in [1.807, 2.05) is 6.07 Å². The summed E-state index contributed by atoms with van der Waals surface area (Å²) in [5.74, 6) is 0. The minimum Gasteiger partial charge on any atom is -0.313 e. The van der Waals surface area contributed by atoms with E-state index in [4.69, 9.17) is 11.6 Å². The van der Waals surface area contributed by atoms with Gasteiger partial charge in [0.15, 0.2) is 0 Å². The van der Waals surface area contributed by atoms with E-state index in [1.165, 1.54) is 16.0 Å². The van der Waals surface area contributed by atoms with Gasteiger partial charge >= 0.3 is 0 Å². The Balaban J connectivity index is 2.18. The van der Waals surface area contributed by atoms with Crippen LogP contribution < -0.4 is 5.32 Å². The Morgan fingerprint density at radius 2 is 2.18 bits per heavy atom. The van der Waals surface area contributed by atoms with E-state index in [0.717, 1.165) is 24.5 Å². The van der Waals surface area contributed by atoms with Crippen molar-refractivity contribution in [1.29, 1.82) is 0 Å². The van der Waals surface area contributed by atoms with Gasteiger partial charge in [-0.05, 0) is 47.7 Å². The summed E-state index contributed by atoms with van der Waals surface area (Å²) in [5, 5.41) is 6.32. The third kappa shape index (κ3) is 3.32. The smallest absolute Gasteiger partial charge is 0.0451 e. The van der Waals surface area contributed by atoms with Crippen LogP contribution in [0.15, 0.2) is 35.7 Å². The van der Waals surface area contributed by atoms with Crippen molar-refractivity contribution >= 4 is 22.9 Å². The quantitative estimate of drug-likeness (QED) is 0.781. The van der Waals surface area contributed by atoms with Crippen molar-refractivity contribution < 1.29 is 0 Å². The van der Waals surface area contributed by atoms with E-state index in [1.54, 1.807) is 11.3 Å².